The lowest BCUT2D eigenvalue weighted by atomic mass is 10.0. The van der Waals surface area contributed by atoms with Crippen LogP contribution in [0, 0.1) is 13.8 Å². The van der Waals surface area contributed by atoms with E-state index in [1.807, 2.05) is 20.0 Å². The highest BCUT2D eigenvalue weighted by atomic mass is 16.1. The average molecular weight is 273 g/mol. The molecule has 1 N–H and O–H groups in total. The van der Waals surface area contributed by atoms with Crippen molar-refractivity contribution in [3.05, 3.63) is 46.3 Å². The van der Waals surface area contributed by atoms with Crippen molar-refractivity contribution in [2.75, 3.05) is 0 Å². The number of aryl methyl sites for hydroxylation is 2. The van der Waals surface area contributed by atoms with Crippen LogP contribution in [0.15, 0.2) is 29.5 Å². The smallest absolute Gasteiger partial charge is 0.165 e. The van der Waals surface area contributed by atoms with Gasteiger partial charge < -0.3 is 4.98 Å². The van der Waals surface area contributed by atoms with Crippen LogP contribution in [-0.2, 0) is 0 Å². The zero-order chi connectivity index (χ0) is 15.1. The molecular formula is C18H27NO. The molecule has 2 heteroatoms. The molecule has 20 heavy (non-hydrogen) atoms. The van der Waals surface area contributed by atoms with Gasteiger partial charge in [0, 0.05) is 23.9 Å². The summed E-state index contributed by atoms with van der Waals surface area (Å²) in [5, 5.41) is 0. The molecule has 0 saturated heterocycles. The Morgan fingerprint density at radius 2 is 1.75 bits per heavy atom. The molecule has 0 amide bonds. The van der Waals surface area contributed by atoms with Crippen LogP contribution >= 0.6 is 0 Å². The first kappa shape index (κ1) is 16.5. The Labute approximate surface area is 123 Å². The maximum atomic E-state index is 12.2. The molecule has 0 radical (unpaired) electrons. The van der Waals surface area contributed by atoms with Crippen molar-refractivity contribution >= 4 is 5.78 Å². The number of ketones is 1. The Bertz CT molecular complexity index is 494. The third-order valence-electron chi connectivity index (χ3n) is 3.51. The number of hydrogen-bond acceptors (Lipinski definition) is 1. The number of carbonyl (C=O) groups is 1. The number of H-pyrrole nitrogens is 1. The normalized spacial score (nSPS) is 11.6. The molecule has 1 heterocycles. The van der Waals surface area contributed by atoms with Gasteiger partial charge in [0.25, 0.3) is 0 Å². The molecule has 110 valence electrons. The Morgan fingerprint density at radius 3 is 2.30 bits per heavy atom. The second-order valence-corrected chi connectivity index (χ2v) is 5.80. The van der Waals surface area contributed by atoms with Gasteiger partial charge in [-0.1, -0.05) is 23.3 Å². The third kappa shape index (κ3) is 5.20. The molecular weight excluding hydrogens is 246 g/mol. The Kier molecular flexibility index (Phi) is 6.50. The standard InChI is InChI=1S/C18H27NO/c1-13(2)8-6-9-14(3)10-7-11-17(20)18-15(4)12-19-16(18)5/h8,10,12,19H,6-7,9,11H2,1-5H3. The fourth-order valence-electron chi connectivity index (χ4n) is 2.35. The summed E-state index contributed by atoms with van der Waals surface area (Å²) in [5.41, 5.74) is 5.65. The predicted molar refractivity (Wildman–Crippen MR) is 86.3 cm³/mol. The van der Waals surface area contributed by atoms with E-state index in [4.69, 9.17) is 0 Å². The molecule has 0 aliphatic rings. The fraction of sp³-hybridized carbons (Fsp3) is 0.500. The van der Waals surface area contributed by atoms with Crippen molar-refractivity contribution in [2.24, 2.45) is 0 Å². The summed E-state index contributed by atoms with van der Waals surface area (Å²) in [6, 6.07) is 0. The van der Waals surface area contributed by atoms with Crippen molar-refractivity contribution < 1.29 is 4.79 Å². The van der Waals surface area contributed by atoms with Crippen molar-refractivity contribution in [1.82, 2.24) is 4.98 Å². The zero-order valence-electron chi connectivity index (χ0n) is 13.5. The van der Waals surface area contributed by atoms with Crippen LogP contribution in [0.3, 0.4) is 0 Å². The first-order chi connectivity index (χ1) is 9.41. The molecule has 0 fully saturated rings. The number of allylic oxidation sites excluding steroid dienone is 4. The Morgan fingerprint density at radius 1 is 1.10 bits per heavy atom. The number of aromatic amines is 1. The average Bonchev–Trinajstić information content (AvgIpc) is 2.68. The molecule has 1 aromatic rings. The quantitative estimate of drug-likeness (QED) is 0.531. The summed E-state index contributed by atoms with van der Waals surface area (Å²) in [4.78, 5) is 15.3. The van der Waals surface area contributed by atoms with Crippen molar-refractivity contribution in [2.45, 2.75) is 60.3 Å². The monoisotopic (exact) mass is 273 g/mol. The van der Waals surface area contributed by atoms with E-state index in [1.54, 1.807) is 0 Å². The molecule has 0 bridgehead atoms. The second-order valence-electron chi connectivity index (χ2n) is 5.80. The molecule has 0 saturated carbocycles. The maximum Gasteiger partial charge on any atom is 0.165 e. The largest absolute Gasteiger partial charge is 0.364 e. The second kappa shape index (κ2) is 7.88. The fourth-order valence-corrected chi connectivity index (χ4v) is 2.35. The van der Waals surface area contributed by atoms with Crippen LogP contribution in [0.1, 0.15) is 68.1 Å². The molecule has 2 nitrogen and oxygen atoms in total. The van der Waals surface area contributed by atoms with Crippen LogP contribution in [0.4, 0.5) is 0 Å². The van der Waals surface area contributed by atoms with Crippen LogP contribution in [0.25, 0.3) is 0 Å². The molecule has 0 spiro atoms. The third-order valence-corrected chi connectivity index (χ3v) is 3.51. The maximum absolute atomic E-state index is 12.2. The Balaban J connectivity index is 2.44. The molecule has 0 atom stereocenters. The van der Waals surface area contributed by atoms with Gasteiger partial charge in [-0.2, -0.15) is 0 Å². The van der Waals surface area contributed by atoms with Gasteiger partial charge in [0.1, 0.15) is 0 Å². The van der Waals surface area contributed by atoms with Crippen LogP contribution in [-0.4, -0.2) is 10.8 Å². The van der Waals surface area contributed by atoms with E-state index in [2.05, 4.69) is 37.9 Å². The highest BCUT2D eigenvalue weighted by Crippen LogP contribution is 2.16. The van der Waals surface area contributed by atoms with E-state index >= 15 is 0 Å². The van der Waals surface area contributed by atoms with Crippen LogP contribution < -0.4 is 0 Å². The summed E-state index contributed by atoms with van der Waals surface area (Å²) in [6.07, 6.45) is 9.98. The van der Waals surface area contributed by atoms with Gasteiger partial charge >= 0.3 is 0 Å². The minimum atomic E-state index is 0.245. The lowest BCUT2D eigenvalue weighted by Gasteiger charge is -2.02. The molecule has 0 aromatic carbocycles. The number of nitrogens with one attached hydrogen (secondary N) is 1. The van der Waals surface area contributed by atoms with E-state index in [9.17, 15) is 4.79 Å². The molecule has 0 aliphatic heterocycles. The first-order valence-electron chi connectivity index (χ1n) is 7.38. The van der Waals surface area contributed by atoms with Crippen molar-refractivity contribution in [1.29, 1.82) is 0 Å². The number of aromatic nitrogens is 1. The number of Topliss-reactive ketones (excluding diaryl/α,β-unsaturated/α-hetero) is 1. The lowest BCUT2D eigenvalue weighted by Crippen LogP contribution is -2.01. The topological polar surface area (TPSA) is 32.9 Å². The summed E-state index contributed by atoms with van der Waals surface area (Å²) >= 11 is 0. The molecule has 0 aliphatic carbocycles. The zero-order valence-corrected chi connectivity index (χ0v) is 13.5. The van der Waals surface area contributed by atoms with E-state index in [-0.39, 0.29) is 5.78 Å². The van der Waals surface area contributed by atoms with Gasteiger partial charge in [-0.25, -0.2) is 0 Å². The van der Waals surface area contributed by atoms with Crippen molar-refractivity contribution in [3.8, 4) is 0 Å². The van der Waals surface area contributed by atoms with Gasteiger partial charge in [0.2, 0.25) is 0 Å². The van der Waals surface area contributed by atoms with Gasteiger partial charge in [-0.15, -0.1) is 0 Å². The highest BCUT2D eigenvalue weighted by Gasteiger charge is 2.12. The minimum absolute atomic E-state index is 0.245. The Hall–Kier alpha value is -1.57. The van der Waals surface area contributed by atoms with Crippen LogP contribution in [0.5, 0.6) is 0 Å². The van der Waals surface area contributed by atoms with Gasteiger partial charge in [-0.3, -0.25) is 4.79 Å². The number of rotatable bonds is 7. The molecule has 0 unspecified atom stereocenters. The first-order valence-corrected chi connectivity index (χ1v) is 7.38. The number of hydrogen-bond donors (Lipinski definition) is 1. The van der Waals surface area contributed by atoms with Crippen molar-refractivity contribution in [3.63, 3.8) is 0 Å². The SMILES string of the molecule is CC(C)=CCCC(C)=CCCC(=O)c1c(C)c[nH]c1C. The summed E-state index contributed by atoms with van der Waals surface area (Å²) < 4.78 is 0. The van der Waals surface area contributed by atoms with E-state index < -0.39 is 0 Å². The summed E-state index contributed by atoms with van der Waals surface area (Å²) in [6.45, 7) is 10.3. The van der Waals surface area contributed by atoms with Gasteiger partial charge in [0.15, 0.2) is 5.78 Å². The van der Waals surface area contributed by atoms with Crippen LogP contribution in [0.2, 0.25) is 0 Å². The van der Waals surface area contributed by atoms with Gasteiger partial charge in [0.05, 0.1) is 0 Å². The van der Waals surface area contributed by atoms with Gasteiger partial charge in [-0.05, 0) is 59.4 Å². The van der Waals surface area contributed by atoms with E-state index in [0.717, 1.165) is 36.1 Å². The van der Waals surface area contributed by atoms with E-state index in [1.165, 1.54) is 11.1 Å². The molecule has 1 aromatic heterocycles. The summed E-state index contributed by atoms with van der Waals surface area (Å²) in [7, 11) is 0. The highest BCUT2D eigenvalue weighted by molar-refractivity contribution is 5.98. The molecule has 1 rings (SSSR count). The number of carbonyl (C=O) groups excluding carboxylic acids is 1. The lowest BCUT2D eigenvalue weighted by molar-refractivity contribution is 0.0982. The minimum Gasteiger partial charge on any atom is -0.364 e. The van der Waals surface area contributed by atoms with E-state index in [0.29, 0.717) is 6.42 Å². The predicted octanol–water partition coefficient (Wildman–Crippen LogP) is 5.29. The summed E-state index contributed by atoms with van der Waals surface area (Å²) in [5.74, 6) is 0.245.